The minimum absolute atomic E-state index is 0.0726. The van der Waals surface area contributed by atoms with Gasteiger partial charge in [0, 0.05) is 9.77 Å². The molecule has 0 N–H and O–H groups in total. The van der Waals surface area contributed by atoms with Crippen LogP contribution in [0.1, 0.15) is 17.6 Å². The van der Waals surface area contributed by atoms with Gasteiger partial charge >= 0.3 is 0 Å². The fraction of sp³-hybridized carbons (Fsp3) is 0.333. The molecule has 80 valence electrons. The number of hydrogen-bond acceptors (Lipinski definition) is 3. The molecule has 0 fully saturated rings. The van der Waals surface area contributed by atoms with Crippen LogP contribution in [0, 0.1) is 14.9 Å². The van der Waals surface area contributed by atoms with E-state index in [-0.39, 0.29) is 17.9 Å². The summed E-state index contributed by atoms with van der Waals surface area (Å²) in [6.45, 7) is 0. The van der Waals surface area contributed by atoms with Crippen molar-refractivity contribution >= 4 is 22.6 Å². The first-order valence-corrected chi connectivity index (χ1v) is 5.06. The van der Waals surface area contributed by atoms with Crippen LogP contribution in [0.5, 0.6) is 5.88 Å². The van der Waals surface area contributed by atoms with E-state index >= 15 is 0 Å². The van der Waals surface area contributed by atoms with Crippen LogP contribution in [0.25, 0.3) is 0 Å². The molecule has 3 nitrogen and oxygen atoms in total. The smallest absolute Gasteiger partial charge is 0.269 e. The number of rotatable bonds is 3. The first-order valence-electron chi connectivity index (χ1n) is 3.98. The van der Waals surface area contributed by atoms with Gasteiger partial charge in [-0.25, -0.2) is 13.8 Å². The molecule has 0 aliphatic rings. The van der Waals surface area contributed by atoms with Gasteiger partial charge in [-0.1, -0.05) is 0 Å². The largest absolute Gasteiger partial charge is 0.481 e. The molecule has 0 aliphatic carbocycles. The average molecular weight is 324 g/mol. The molecule has 0 aliphatic heterocycles. The van der Waals surface area contributed by atoms with Gasteiger partial charge in [-0.2, -0.15) is 5.26 Å². The number of alkyl halides is 2. The second-order valence-electron chi connectivity index (χ2n) is 2.64. The Morgan fingerprint density at radius 3 is 2.80 bits per heavy atom. The van der Waals surface area contributed by atoms with Gasteiger partial charge in [0.1, 0.15) is 0 Å². The van der Waals surface area contributed by atoms with Crippen molar-refractivity contribution < 1.29 is 13.5 Å². The number of pyridine rings is 1. The molecule has 0 bridgehead atoms. The summed E-state index contributed by atoms with van der Waals surface area (Å²) < 4.78 is 30.8. The summed E-state index contributed by atoms with van der Waals surface area (Å²) in [4.78, 5) is 3.74. The van der Waals surface area contributed by atoms with Crippen LogP contribution in [-0.4, -0.2) is 12.1 Å². The van der Waals surface area contributed by atoms with Gasteiger partial charge in [0.2, 0.25) is 5.88 Å². The zero-order chi connectivity index (χ0) is 11.4. The molecule has 0 atom stereocenters. The van der Waals surface area contributed by atoms with Crippen LogP contribution in [0.3, 0.4) is 0 Å². The predicted octanol–water partition coefficient (Wildman–Crippen LogP) is 2.70. The Bertz CT molecular complexity index is 404. The van der Waals surface area contributed by atoms with Gasteiger partial charge in [0.25, 0.3) is 6.43 Å². The molecule has 1 aromatic rings. The average Bonchev–Trinajstić information content (AvgIpc) is 2.20. The highest BCUT2D eigenvalue weighted by Crippen LogP contribution is 2.33. The Morgan fingerprint density at radius 1 is 1.67 bits per heavy atom. The summed E-state index contributed by atoms with van der Waals surface area (Å²) in [6, 6.07) is 1.85. The van der Waals surface area contributed by atoms with E-state index in [1.54, 1.807) is 0 Å². The van der Waals surface area contributed by atoms with Crippen molar-refractivity contribution in [1.82, 2.24) is 4.98 Å². The minimum Gasteiger partial charge on any atom is -0.481 e. The predicted molar refractivity (Wildman–Crippen MR) is 57.8 cm³/mol. The van der Waals surface area contributed by atoms with Crippen LogP contribution in [-0.2, 0) is 6.42 Å². The quantitative estimate of drug-likeness (QED) is 0.803. The number of hydrogen-bond donors (Lipinski definition) is 0. The summed E-state index contributed by atoms with van der Waals surface area (Å²) in [7, 11) is 1.28. The molecular formula is C9H7F2IN2O. The Morgan fingerprint density at radius 2 is 2.33 bits per heavy atom. The number of halogens is 3. The third kappa shape index (κ3) is 2.53. The van der Waals surface area contributed by atoms with E-state index in [9.17, 15) is 8.78 Å². The van der Waals surface area contributed by atoms with Gasteiger partial charge in [-0.15, -0.1) is 0 Å². The fourth-order valence-electron chi connectivity index (χ4n) is 1.17. The van der Waals surface area contributed by atoms with Crippen LogP contribution in [0.2, 0.25) is 0 Å². The lowest BCUT2D eigenvalue weighted by molar-refractivity contribution is 0.145. The molecule has 0 amide bonds. The van der Waals surface area contributed by atoms with E-state index in [4.69, 9.17) is 10.00 Å². The molecule has 6 heteroatoms. The van der Waals surface area contributed by atoms with Gasteiger partial charge in [0.15, 0.2) is 0 Å². The summed E-state index contributed by atoms with van der Waals surface area (Å²) >= 11 is 1.87. The van der Waals surface area contributed by atoms with E-state index in [1.807, 2.05) is 28.7 Å². The van der Waals surface area contributed by atoms with E-state index in [1.165, 1.54) is 13.3 Å². The monoisotopic (exact) mass is 324 g/mol. The maximum absolute atomic E-state index is 12.7. The summed E-state index contributed by atoms with van der Waals surface area (Å²) in [5.41, 5.74) is 0.00546. The number of nitrogens with zero attached hydrogens (tertiary/aromatic N) is 2. The van der Waals surface area contributed by atoms with Gasteiger partial charge in [-0.05, 0) is 28.2 Å². The molecule has 0 saturated heterocycles. The molecule has 0 saturated carbocycles. The maximum atomic E-state index is 12.7. The second-order valence-corrected chi connectivity index (χ2v) is 3.81. The Hall–Kier alpha value is -0.970. The number of methoxy groups -OCH3 is 1. The molecule has 0 spiro atoms. The summed E-state index contributed by atoms with van der Waals surface area (Å²) in [6.07, 6.45) is -1.35. The molecular weight excluding hydrogens is 317 g/mol. The standard InChI is InChI=1S/C9H7F2IN2O/c1-15-9-7(8(10)11)5(2-3-13)6(12)4-14-9/h4,8H,2H2,1H3. The van der Waals surface area contributed by atoms with Gasteiger partial charge in [0.05, 0.1) is 25.2 Å². The summed E-state index contributed by atoms with van der Waals surface area (Å²) in [5, 5.41) is 8.55. The van der Waals surface area contributed by atoms with Crippen LogP contribution in [0.15, 0.2) is 6.20 Å². The molecule has 1 rings (SSSR count). The number of nitriles is 1. The van der Waals surface area contributed by atoms with E-state index in [0.717, 1.165) is 0 Å². The SMILES string of the molecule is COc1ncc(I)c(CC#N)c1C(F)F. The number of aromatic nitrogens is 1. The van der Waals surface area contributed by atoms with Crippen molar-refractivity contribution in [2.45, 2.75) is 12.8 Å². The Labute approximate surface area is 99.2 Å². The molecule has 1 heterocycles. The maximum Gasteiger partial charge on any atom is 0.269 e. The normalized spacial score (nSPS) is 10.1. The van der Waals surface area contributed by atoms with E-state index in [0.29, 0.717) is 9.13 Å². The minimum atomic E-state index is -2.69. The van der Waals surface area contributed by atoms with Crippen molar-refractivity contribution in [3.05, 3.63) is 20.9 Å². The topological polar surface area (TPSA) is 45.9 Å². The number of ether oxygens (including phenoxy) is 1. The highest BCUT2D eigenvalue weighted by Gasteiger charge is 2.22. The van der Waals surface area contributed by atoms with Crippen molar-refractivity contribution in [3.8, 4) is 11.9 Å². The van der Waals surface area contributed by atoms with Crippen LogP contribution < -0.4 is 4.74 Å². The first kappa shape index (κ1) is 12.1. The lowest BCUT2D eigenvalue weighted by atomic mass is 10.1. The highest BCUT2D eigenvalue weighted by atomic mass is 127. The molecule has 1 aromatic heterocycles. The fourth-order valence-corrected chi connectivity index (χ4v) is 1.79. The molecule has 0 radical (unpaired) electrons. The van der Waals surface area contributed by atoms with Crippen molar-refractivity contribution in [2.75, 3.05) is 7.11 Å². The van der Waals surface area contributed by atoms with Gasteiger partial charge in [-0.3, -0.25) is 0 Å². The van der Waals surface area contributed by atoms with E-state index < -0.39 is 6.43 Å². The third-order valence-corrected chi connectivity index (χ3v) is 2.74. The molecule has 15 heavy (non-hydrogen) atoms. The van der Waals surface area contributed by atoms with Crippen molar-refractivity contribution in [2.24, 2.45) is 0 Å². The van der Waals surface area contributed by atoms with Gasteiger partial charge < -0.3 is 4.74 Å². The Balaban J connectivity index is 3.38. The highest BCUT2D eigenvalue weighted by molar-refractivity contribution is 14.1. The molecule has 0 unspecified atom stereocenters. The lowest BCUT2D eigenvalue weighted by Crippen LogP contribution is -2.03. The van der Waals surface area contributed by atoms with Crippen molar-refractivity contribution in [1.29, 1.82) is 5.26 Å². The zero-order valence-corrected chi connectivity index (χ0v) is 9.96. The molecule has 0 aromatic carbocycles. The van der Waals surface area contributed by atoms with E-state index in [2.05, 4.69) is 4.98 Å². The lowest BCUT2D eigenvalue weighted by Gasteiger charge is -2.11. The zero-order valence-electron chi connectivity index (χ0n) is 7.80. The Kier molecular flexibility index (Phi) is 4.20. The van der Waals surface area contributed by atoms with Crippen LogP contribution >= 0.6 is 22.6 Å². The van der Waals surface area contributed by atoms with Crippen molar-refractivity contribution in [3.63, 3.8) is 0 Å². The third-order valence-electron chi connectivity index (χ3n) is 1.81. The first-order chi connectivity index (χ1) is 7.11. The summed E-state index contributed by atoms with van der Waals surface area (Å²) in [5.74, 6) is -0.115. The van der Waals surface area contributed by atoms with Crippen LogP contribution in [0.4, 0.5) is 8.78 Å². The second kappa shape index (κ2) is 5.21.